The van der Waals surface area contributed by atoms with Gasteiger partial charge >= 0.3 is 6.01 Å². The van der Waals surface area contributed by atoms with Crippen molar-refractivity contribution in [1.29, 1.82) is 5.26 Å². The van der Waals surface area contributed by atoms with Crippen LogP contribution in [0.3, 0.4) is 0 Å². The Hall–Kier alpha value is -3.77. The van der Waals surface area contributed by atoms with E-state index in [0.717, 1.165) is 62.0 Å². The fourth-order valence-electron chi connectivity index (χ4n) is 8.05. The number of alkyl halides is 1. The number of piperazine rings is 1. The summed E-state index contributed by atoms with van der Waals surface area (Å²) in [6.45, 7) is 15.8. The van der Waals surface area contributed by atoms with Crippen molar-refractivity contribution < 1.29 is 22.7 Å². The van der Waals surface area contributed by atoms with Crippen LogP contribution in [-0.2, 0) is 4.79 Å². The maximum Gasteiger partial charge on any atom is 0.318 e. The molecule has 6 aliphatic rings. The van der Waals surface area contributed by atoms with Crippen LogP contribution in [0.5, 0.6) is 6.01 Å². The summed E-state index contributed by atoms with van der Waals surface area (Å²) < 4.78 is 48.7. The Labute approximate surface area is 338 Å². The van der Waals surface area contributed by atoms with E-state index < -0.39 is 17.8 Å². The molecular weight excluding hydrogens is 761 g/mol. The van der Waals surface area contributed by atoms with Gasteiger partial charge < -0.3 is 25.6 Å². The number of halogens is 4. The molecule has 15 heteroatoms. The summed E-state index contributed by atoms with van der Waals surface area (Å²) in [6, 6.07) is 7.47. The van der Waals surface area contributed by atoms with Gasteiger partial charge in [0.1, 0.15) is 29.4 Å². The Kier molecular flexibility index (Phi) is 15.2. The third kappa shape index (κ3) is 9.67. The largest absolute Gasteiger partial charge is 0.467 e. The quantitative estimate of drug-likeness (QED) is 0.137. The lowest BCUT2D eigenvalue weighted by Crippen LogP contribution is -2.53. The van der Waals surface area contributed by atoms with Crippen LogP contribution in [0, 0.1) is 28.9 Å². The number of fused-ring (bicyclic) bond motifs is 4. The van der Waals surface area contributed by atoms with Crippen molar-refractivity contribution in [3.05, 3.63) is 52.0 Å². The number of ether oxygens (including phenoxy) is 1. The first-order chi connectivity index (χ1) is 27.1. The van der Waals surface area contributed by atoms with Crippen LogP contribution in [0.15, 0.2) is 34.7 Å². The second-order valence-electron chi connectivity index (χ2n) is 14.3. The summed E-state index contributed by atoms with van der Waals surface area (Å²) in [5, 5.41) is 13.6. The van der Waals surface area contributed by atoms with Crippen LogP contribution in [0.4, 0.5) is 19.0 Å². The van der Waals surface area contributed by atoms with E-state index in [9.17, 15) is 18.8 Å². The number of nitriles is 1. The number of rotatable bonds is 7. The summed E-state index contributed by atoms with van der Waals surface area (Å²) >= 11 is 7.39. The lowest BCUT2D eigenvalue weighted by molar-refractivity contribution is -0.121. The van der Waals surface area contributed by atoms with E-state index in [2.05, 4.69) is 26.8 Å². The molecule has 56 heavy (non-hydrogen) atoms. The van der Waals surface area contributed by atoms with E-state index in [-0.39, 0.29) is 55.2 Å². The number of thioether (sulfide) groups is 1. The van der Waals surface area contributed by atoms with E-state index in [1.807, 2.05) is 43.6 Å². The molecule has 0 radical (unpaired) electrons. The minimum atomic E-state index is -0.801. The van der Waals surface area contributed by atoms with Gasteiger partial charge in [0.05, 0.1) is 27.6 Å². The molecule has 10 nitrogen and oxygen atoms in total. The Morgan fingerprint density at radius 3 is 2.30 bits per heavy atom. The predicted octanol–water partition coefficient (Wildman–Crippen LogP) is 8.05. The van der Waals surface area contributed by atoms with Crippen molar-refractivity contribution in [1.82, 2.24) is 25.1 Å². The number of nitrogens with one attached hydrogen (secondary N) is 1. The molecule has 3 aromatic rings. The molecule has 6 fully saturated rings. The van der Waals surface area contributed by atoms with Gasteiger partial charge in [0.15, 0.2) is 5.82 Å². The molecule has 3 N–H and O–H groups in total. The summed E-state index contributed by atoms with van der Waals surface area (Å²) in [5.74, 6) is 0.0473. The van der Waals surface area contributed by atoms with Gasteiger partial charge in [-0.3, -0.25) is 9.69 Å². The monoisotopic (exact) mass is 814 g/mol. The van der Waals surface area contributed by atoms with Crippen molar-refractivity contribution in [3.63, 3.8) is 0 Å². The van der Waals surface area contributed by atoms with Gasteiger partial charge in [0.25, 0.3) is 0 Å². The maximum atomic E-state index is 16.2. The van der Waals surface area contributed by atoms with Crippen LogP contribution in [-0.4, -0.2) is 96.4 Å². The highest BCUT2D eigenvalue weighted by Crippen LogP contribution is 2.43. The molecule has 6 heterocycles. The molecule has 5 aliphatic heterocycles. The highest BCUT2D eigenvalue weighted by atomic mass is 35.5. The maximum absolute atomic E-state index is 16.2. The van der Waals surface area contributed by atoms with Crippen molar-refractivity contribution in [3.8, 4) is 23.2 Å². The summed E-state index contributed by atoms with van der Waals surface area (Å²) in [5.41, 5.74) is 5.44. The molecule has 304 valence electrons. The highest BCUT2D eigenvalue weighted by Gasteiger charge is 2.41. The van der Waals surface area contributed by atoms with Crippen LogP contribution in [0.1, 0.15) is 78.2 Å². The number of aromatic nitrogens is 2. The first-order valence-electron chi connectivity index (χ1n) is 19.8. The van der Waals surface area contributed by atoms with Gasteiger partial charge in [-0.2, -0.15) is 15.2 Å². The van der Waals surface area contributed by atoms with Crippen molar-refractivity contribution in [2.45, 2.75) is 108 Å². The lowest BCUT2D eigenvalue weighted by Gasteiger charge is -2.39. The number of carbonyl (C=O) groups is 1. The first kappa shape index (κ1) is 43.4. The van der Waals surface area contributed by atoms with E-state index in [1.165, 1.54) is 51.5 Å². The Morgan fingerprint density at radius 2 is 1.77 bits per heavy atom. The molecule has 1 amide bonds. The first-order valence-corrected chi connectivity index (χ1v) is 21.0. The number of amides is 1. The Balaban J connectivity index is 0.000000255. The van der Waals surface area contributed by atoms with Crippen LogP contribution in [0.25, 0.3) is 22.0 Å². The zero-order valence-corrected chi connectivity index (χ0v) is 34.5. The number of hydrogen-bond acceptors (Lipinski definition) is 10. The zero-order valence-electron chi connectivity index (χ0n) is 33.0. The second kappa shape index (κ2) is 19.6. The topological polar surface area (TPSA) is 134 Å². The third-order valence-corrected chi connectivity index (χ3v) is 12.0. The number of methoxy groups -OCH3 is 1. The van der Waals surface area contributed by atoms with E-state index in [1.54, 1.807) is 0 Å². The van der Waals surface area contributed by atoms with Crippen LogP contribution >= 0.6 is 23.4 Å². The van der Waals surface area contributed by atoms with Gasteiger partial charge in [-0.1, -0.05) is 57.6 Å². The standard InChI is InChI=1S/C25H21ClF2N6O2S.C7H12FN.C5H9N.2C2H6/c1-12(30)37-23-17(8-29)15(5-6-19(23)27)20-18(26)7-16-22(21(20)28)31-25(36-2)32-24(16)33-9-13-3-4-14(10-33)34(13)11-35;8-6-4-7-2-1-3-9(7)5-6;1-2-4(1)5-3-6-5;2*1-2/h5-7,11,13-14H,1,3-4,9-10,30H2,2H3;6-7H,1-5H2;4-6H,1-3H2;2*1-2H3. The van der Waals surface area contributed by atoms with Crippen molar-refractivity contribution in [2.75, 3.05) is 44.7 Å². The number of nitrogens with zero attached hydrogens (tertiary/aromatic N) is 6. The van der Waals surface area contributed by atoms with E-state index >= 15 is 4.39 Å². The highest BCUT2D eigenvalue weighted by molar-refractivity contribution is 8.03. The SMILES string of the molecule is C1CC1C1CN1.C=C(N)Sc1c(F)ccc(-c2c(Cl)cc3c(N4CC5CCC(C4)N5C=O)nc(OC)nc3c2F)c1C#N.CC.CC.FC1CC2CCCN2C1. The van der Waals surface area contributed by atoms with E-state index in [4.69, 9.17) is 22.1 Å². The number of hydrogen-bond donors (Lipinski definition) is 2. The van der Waals surface area contributed by atoms with Crippen molar-refractivity contribution >= 4 is 46.5 Å². The number of nitrogens with two attached hydrogens (primary N) is 1. The van der Waals surface area contributed by atoms with Crippen molar-refractivity contribution in [2.24, 2.45) is 11.7 Å². The molecule has 1 aliphatic carbocycles. The van der Waals surface area contributed by atoms with Crippen LogP contribution < -0.4 is 20.7 Å². The molecule has 5 unspecified atom stereocenters. The average Bonchev–Trinajstić information content (AvgIpc) is 4.12. The molecule has 5 atom stereocenters. The molecular formula is C41H54ClF3N8O2S. The minimum absolute atomic E-state index is 0.000138. The molecule has 1 saturated carbocycles. The van der Waals surface area contributed by atoms with Gasteiger partial charge in [0, 0.05) is 66.9 Å². The minimum Gasteiger partial charge on any atom is -0.467 e. The van der Waals surface area contributed by atoms with Gasteiger partial charge in [-0.05, 0) is 75.6 Å². The molecule has 1 aromatic heterocycles. The Bertz CT molecular complexity index is 1870. The summed E-state index contributed by atoms with van der Waals surface area (Å²) in [4.78, 5) is 26.3. The molecule has 9 rings (SSSR count). The predicted molar refractivity (Wildman–Crippen MR) is 219 cm³/mol. The summed E-state index contributed by atoms with van der Waals surface area (Å²) in [7, 11) is 1.38. The average molecular weight is 815 g/mol. The zero-order chi connectivity index (χ0) is 40.7. The fraction of sp³-hybridized carbons (Fsp3) is 0.561. The Morgan fingerprint density at radius 1 is 1.09 bits per heavy atom. The normalized spacial score (nSPS) is 24.2. The number of anilines is 1. The number of carbonyl (C=O) groups excluding carboxylic acids is 1. The third-order valence-electron chi connectivity index (χ3n) is 10.8. The second-order valence-corrected chi connectivity index (χ2v) is 15.8. The number of benzene rings is 2. The van der Waals surface area contributed by atoms with Crippen LogP contribution in [0.2, 0.25) is 5.02 Å². The molecule has 5 saturated heterocycles. The van der Waals surface area contributed by atoms with Gasteiger partial charge in [-0.15, -0.1) is 0 Å². The van der Waals surface area contributed by atoms with Gasteiger partial charge in [0.2, 0.25) is 6.41 Å². The molecule has 2 aromatic carbocycles. The van der Waals surface area contributed by atoms with Gasteiger partial charge in [-0.25, -0.2) is 13.2 Å². The molecule has 0 spiro atoms. The summed E-state index contributed by atoms with van der Waals surface area (Å²) in [6.07, 6.45) is 8.43. The lowest BCUT2D eigenvalue weighted by atomic mass is 9.97. The van der Waals surface area contributed by atoms with E-state index in [0.29, 0.717) is 36.9 Å². The fourth-order valence-corrected chi connectivity index (χ4v) is 9.03. The molecule has 2 bridgehead atoms. The smallest absolute Gasteiger partial charge is 0.318 e.